The number of hydrogen-bond acceptors (Lipinski definition) is 5. The van der Waals surface area contributed by atoms with Gasteiger partial charge in [0, 0.05) is 24.5 Å². The number of carbonyl (C=O) groups excluding carboxylic acids is 2. The zero-order valence-corrected chi connectivity index (χ0v) is 27.0. The molecule has 0 fully saturated rings. The molecule has 4 aromatic rings. The molecule has 0 saturated heterocycles. The Morgan fingerprint density at radius 2 is 1.44 bits per heavy atom. The Labute approximate surface area is 270 Å². The van der Waals surface area contributed by atoms with Crippen LogP contribution in [0.4, 0.5) is 5.69 Å². The molecule has 4 rings (SSSR count). The quantitative estimate of drug-likeness (QED) is 0.168. The van der Waals surface area contributed by atoms with E-state index >= 15 is 0 Å². The number of ether oxygens (including phenoxy) is 1. The number of anilines is 1. The van der Waals surface area contributed by atoms with E-state index in [9.17, 15) is 18.0 Å². The van der Waals surface area contributed by atoms with Crippen LogP contribution in [0.2, 0.25) is 5.02 Å². The number of nitrogens with zero attached hydrogens (tertiary/aromatic N) is 2. The molecular weight excluding hydrogens is 610 g/mol. The second-order valence-corrected chi connectivity index (χ2v) is 12.7. The van der Waals surface area contributed by atoms with Crippen molar-refractivity contribution in [3.05, 3.63) is 125 Å². The fourth-order valence-electron chi connectivity index (χ4n) is 4.83. The number of carbonyl (C=O) groups is 2. The SMILES string of the molecule is CCCNC(=O)C(Cc1ccccc1)N(Cc1ccc(Cl)cc1)C(=O)CN(c1ccccc1)S(=O)(=O)c1ccc(OCC)cc1. The molecule has 1 unspecified atom stereocenters. The van der Waals surface area contributed by atoms with Crippen LogP contribution in [0.25, 0.3) is 0 Å². The van der Waals surface area contributed by atoms with E-state index in [1.165, 1.54) is 17.0 Å². The molecule has 236 valence electrons. The third kappa shape index (κ3) is 9.09. The van der Waals surface area contributed by atoms with Gasteiger partial charge in [-0.25, -0.2) is 8.42 Å². The highest BCUT2D eigenvalue weighted by atomic mass is 35.5. The fourth-order valence-corrected chi connectivity index (χ4v) is 6.37. The molecule has 0 radical (unpaired) electrons. The first-order chi connectivity index (χ1) is 21.7. The molecule has 45 heavy (non-hydrogen) atoms. The lowest BCUT2D eigenvalue weighted by Gasteiger charge is -2.34. The first-order valence-corrected chi connectivity index (χ1v) is 16.7. The number of rotatable bonds is 15. The summed E-state index contributed by atoms with van der Waals surface area (Å²) in [6.07, 6.45) is 0.962. The number of benzene rings is 4. The first-order valence-electron chi connectivity index (χ1n) is 14.9. The maximum Gasteiger partial charge on any atom is 0.264 e. The Kier molecular flexibility index (Phi) is 12.0. The molecule has 0 aliphatic carbocycles. The van der Waals surface area contributed by atoms with Crippen molar-refractivity contribution in [2.75, 3.05) is 24.0 Å². The Hall–Kier alpha value is -4.34. The molecule has 2 amide bonds. The summed E-state index contributed by atoms with van der Waals surface area (Å²) in [4.78, 5) is 29.6. The molecule has 1 atom stereocenters. The lowest BCUT2D eigenvalue weighted by molar-refractivity contribution is -0.140. The summed E-state index contributed by atoms with van der Waals surface area (Å²) in [7, 11) is -4.20. The Balaban J connectivity index is 1.76. The summed E-state index contributed by atoms with van der Waals surface area (Å²) < 4.78 is 34.8. The number of nitrogens with one attached hydrogen (secondary N) is 1. The molecule has 0 aliphatic rings. The standard InChI is InChI=1S/C35H38ClN3O5S/c1-3-23-37-35(41)33(24-27-11-7-5-8-12-27)38(25-28-15-17-29(36)18-16-28)34(40)26-39(30-13-9-6-10-14-30)45(42,43)32-21-19-31(20-22-32)44-4-2/h5-22,33H,3-4,23-26H2,1-2H3,(H,37,41). The van der Waals surface area contributed by atoms with Crippen molar-refractivity contribution < 1.29 is 22.7 Å². The van der Waals surface area contributed by atoms with Crippen molar-refractivity contribution in [1.29, 1.82) is 0 Å². The molecule has 4 aromatic carbocycles. The van der Waals surface area contributed by atoms with Gasteiger partial charge in [-0.2, -0.15) is 0 Å². The van der Waals surface area contributed by atoms with E-state index in [0.29, 0.717) is 29.6 Å². The van der Waals surface area contributed by atoms with E-state index in [1.54, 1.807) is 66.7 Å². The van der Waals surface area contributed by atoms with Gasteiger partial charge in [0.2, 0.25) is 11.8 Å². The Morgan fingerprint density at radius 1 is 0.822 bits per heavy atom. The van der Waals surface area contributed by atoms with Gasteiger partial charge in [-0.1, -0.05) is 79.2 Å². The van der Waals surface area contributed by atoms with E-state index in [2.05, 4.69) is 5.32 Å². The average Bonchev–Trinajstić information content (AvgIpc) is 3.06. The van der Waals surface area contributed by atoms with Gasteiger partial charge in [-0.15, -0.1) is 0 Å². The van der Waals surface area contributed by atoms with Gasteiger partial charge in [0.1, 0.15) is 18.3 Å². The summed E-state index contributed by atoms with van der Waals surface area (Å²) in [6, 6.07) is 30.1. The van der Waals surface area contributed by atoms with Crippen molar-refractivity contribution in [1.82, 2.24) is 10.2 Å². The molecule has 0 heterocycles. The van der Waals surface area contributed by atoms with E-state index in [1.807, 2.05) is 44.2 Å². The highest BCUT2D eigenvalue weighted by Gasteiger charge is 2.34. The predicted octanol–water partition coefficient (Wildman–Crippen LogP) is 6.10. The third-order valence-corrected chi connectivity index (χ3v) is 9.17. The highest BCUT2D eigenvalue weighted by Crippen LogP contribution is 2.26. The van der Waals surface area contributed by atoms with Crippen molar-refractivity contribution in [2.24, 2.45) is 0 Å². The maximum atomic E-state index is 14.4. The second-order valence-electron chi connectivity index (χ2n) is 10.4. The maximum absolute atomic E-state index is 14.4. The lowest BCUT2D eigenvalue weighted by Crippen LogP contribution is -2.53. The summed E-state index contributed by atoms with van der Waals surface area (Å²) in [6.45, 7) is 4.22. The third-order valence-electron chi connectivity index (χ3n) is 7.13. The van der Waals surface area contributed by atoms with E-state index in [-0.39, 0.29) is 23.8 Å². The lowest BCUT2D eigenvalue weighted by atomic mass is 10.0. The molecule has 0 saturated carbocycles. The van der Waals surface area contributed by atoms with Crippen LogP contribution in [0.5, 0.6) is 5.75 Å². The van der Waals surface area contributed by atoms with Gasteiger partial charge in [-0.05, 0) is 73.0 Å². The summed E-state index contributed by atoms with van der Waals surface area (Å²) in [5.41, 5.74) is 1.93. The smallest absolute Gasteiger partial charge is 0.264 e. The molecule has 1 N–H and O–H groups in total. The molecular formula is C35H38ClN3O5S. The number of sulfonamides is 1. The number of hydrogen-bond donors (Lipinski definition) is 1. The van der Waals surface area contributed by atoms with Gasteiger partial charge >= 0.3 is 0 Å². The second kappa shape index (κ2) is 16.1. The fraction of sp³-hybridized carbons (Fsp3) is 0.257. The van der Waals surface area contributed by atoms with Gasteiger partial charge in [0.25, 0.3) is 10.0 Å². The minimum Gasteiger partial charge on any atom is -0.494 e. The number of para-hydroxylation sites is 1. The monoisotopic (exact) mass is 647 g/mol. The van der Waals surface area contributed by atoms with Gasteiger partial charge < -0.3 is 15.0 Å². The van der Waals surface area contributed by atoms with Crippen LogP contribution in [0.1, 0.15) is 31.4 Å². The van der Waals surface area contributed by atoms with Crippen LogP contribution >= 0.6 is 11.6 Å². The molecule has 0 aromatic heterocycles. The van der Waals surface area contributed by atoms with Crippen molar-refractivity contribution >= 4 is 39.1 Å². The summed E-state index contributed by atoms with van der Waals surface area (Å²) >= 11 is 6.13. The molecule has 0 spiro atoms. The largest absolute Gasteiger partial charge is 0.494 e. The molecule has 8 nitrogen and oxygen atoms in total. The number of amides is 2. The van der Waals surface area contributed by atoms with Gasteiger partial charge in [0.15, 0.2) is 0 Å². The van der Waals surface area contributed by atoms with Crippen molar-refractivity contribution in [3.8, 4) is 5.75 Å². The Bertz CT molecular complexity index is 1630. The van der Waals surface area contributed by atoms with Crippen molar-refractivity contribution in [2.45, 2.75) is 44.2 Å². The first kappa shape index (κ1) is 33.6. The van der Waals surface area contributed by atoms with Gasteiger partial charge in [-0.3, -0.25) is 13.9 Å². The van der Waals surface area contributed by atoms with E-state index in [0.717, 1.165) is 21.9 Å². The summed E-state index contributed by atoms with van der Waals surface area (Å²) in [5.74, 6) is -0.311. The molecule has 0 aliphatic heterocycles. The van der Waals surface area contributed by atoms with Crippen LogP contribution in [-0.2, 0) is 32.6 Å². The van der Waals surface area contributed by atoms with E-state index in [4.69, 9.17) is 16.3 Å². The van der Waals surface area contributed by atoms with Crippen LogP contribution < -0.4 is 14.4 Å². The van der Waals surface area contributed by atoms with E-state index < -0.39 is 28.5 Å². The minimum absolute atomic E-state index is 0.00776. The minimum atomic E-state index is -4.20. The van der Waals surface area contributed by atoms with Crippen LogP contribution in [-0.4, -0.2) is 50.9 Å². The predicted molar refractivity (Wildman–Crippen MR) is 178 cm³/mol. The zero-order chi connectivity index (χ0) is 32.2. The molecule has 0 bridgehead atoms. The van der Waals surface area contributed by atoms with Crippen LogP contribution in [0.3, 0.4) is 0 Å². The zero-order valence-electron chi connectivity index (χ0n) is 25.4. The van der Waals surface area contributed by atoms with Crippen LogP contribution in [0.15, 0.2) is 114 Å². The van der Waals surface area contributed by atoms with Gasteiger partial charge in [0.05, 0.1) is 17.2 Å². The van der Waals surface area contributed by atoms with Crippen molar-refractivity contribution in [3.63, 3.8) is 0 Å². The molecule has 10 heteroatoms. The van der Waals surface area contributed by atoms with Crippen LogP contribution in [0, 0.1) is 0 Å². The number of halogens is 1. The summed E-state index contributed by atoms with van der Waals surface area (Å²) in [5, 5.41) is 3.48. The highest BCUT2D eigenvalue weighted by molar-refractivity contribution is 7.92. The normalized spacial score (nSPS) is 11.8. The topological polar surface area (TPSA) is 96.0 Å². The average molecular weight is 648 g/mol. The Morgan fingerprint density at radius 3 is 2.04 bits per heavy atom.